The zero-order valence-electron chi connectivity index (χ0n) is 14.4. The van der Waals surface area contributed by atoms with E-state index >= 15 is 0 Å². The normalized spacial score (nSPS) is 10.6. The zero-order chi connectivity index (χ0) is 18.7. The van der Waals surface area contributed by atoms with Gasteiger partial charge in [-0.05, 0) is 38.1 Å². The molecule has 0 saturated carbocycles. The highest BCUT2D eigenvalue weighted by Gasteiger charge is 2.15. The Morgan fingerprint density at radius 2 is 1.92 bits per heavy atom. The second-order valence-electron chi connectivity index (χ2n) is 5.88. The molecule has 3 rings (SSSR count). The number of anilines is 2. The SMILES string of the molecule is Cc1nn(Cc2ccccc2F)c(C)c1NC(=O)Nc1cccc(Cl)c1. The van der Waals surface area contributed by atoms with Gasteiger partial charge in [-0.15, -0.1) is 0 Å². The van der Waals surface area contributed by atoms with Crippen molar-refractivity contribution in [1.29, 1.82) is 0 Å². The fourth-order valence-electron chi connectivity index (χ4n) is 2.66. The molecule has 26 heavy (non-hydrogen) atoms. The minimum Gasteiger partial charge on any atom is -0.308 e. The highest BCUT2D eigenvalue weighted by Crippen LogP contribution is 2.22. The number of hydrogen-bond acceptors (Lipinski definition) is 2. The van der Waals surface area contributed by atoms with Crippen molar-refractivity contribution in [2.24, 2.45) is 0 Å². The Morgan fingerprint density at radius 1 is 1.15 bits per heavy atom. The minimum absolute atomic E-state index is 0.284. The number of halogens is 2. The summed E-state index contributed by atoms with van der Waals surface area (Å²) in [6.07, 6.45) is 0. The molecule has 1 aromatic heterocycles. The van der Waals surface area contributed by atoms with Gasteiger partial charge in [0.25, 0.3) is 0 Å². The summed E-state index contributed by atoms with van der Waals surface area (Å²) in [7, 11) is 0. The fraction of sp³-hybridized carbons (Fsp3) is 0.158. The van der Waals surface area contributed by atoms with E-state index in [9.17, 15) is 9.18 Å². The third kappa shape index (κ3) is 4.03. The number of benzene rings is 2. The number of nitrogens with one attached hydrogen (secondary N) is 2. The van der Waals surface area contributed by atoms with E-state index in [1.807, 2.05) is 6.92 Å². The van der Waals surface area contributed by atoms with Crippen LogP contribution in [0.15, 0.2) is 48.5 Å². The van der Waals surface area contributed by atoms with Crippen molar-refractivity contribution in [2.75, 3.05) is 10.6 Å². The lowest BCUT2D eigenvalue weighted by molar-refractivity contribution is 0.262. The van der Waals surface area contributed by atoms with Gasteiger partial charge in [-0.25, -0.2) is 9.18 Å². The summed E-state index contributed by atoms with van der Waals surface area (Å²) < 4.78 is 15.5. The quantitative estimate of drug-likeness (QED) is 0.678. The molecule has 134 valence electrons. The first-order valence-electron chi connectivity index (χ1n) is 8.05. The van der Waals surface area contributed by atoms with E-state index in [1.165, 1.54) is 6.07 Å². The molecule has 5 nitrogen and oxygen atoms in total. The number of hydrogen-bond donors (Lipinski definition) is 2. The first-order chi connectivity index (χ1) is 12.4. The van der Waals surface area contributed by atoms with E-state index in [0.29, 0.717) is 27.7 Å². The number of carbonyl (C=O) groups excluding carboxylic acids is 1. The monoisotopic (exact) mass is 372 g/mol. The van der Waals surface area contributed by atoms with E-state index in [2.05, 4.69) is 15.7 Å². The van der Waals surface area contributed by atoms with Crippen LogP contribution in [0.2, 0.25) is 5.02 Å². The van der Waals surface area contributed by atoms with Crippen molar-refractivity contribution in [2.45, 2.75) is 20.4 Å². The predicted molar refractivity (Wildman–Crippen MR) is 101 cm³/mol. The van der Waals surface area contributed by atoms with Crippen LogP contribution in [0.1, 0.15) is 17.0 Å². The molecule has 0 saturated heterocycles. The van der Waals surface area contributed by atoms with Gasteiger partial charge in [0.15, 0.2) is 0 Å². The standard InChI is InChI=1S/C19H18ClFN4O/c1-12-18(23-19(26)22-16-8-5-7-15(20)10-16)13(2)25(24-12)11-14-6-3-4-9-17(14)21/h3-10H,11H2,1-2H3,(H2,22,23,26). The molecule has 0 aliphatic rings. The maximum atomic E-state index is 13.9. The molecule has 0 aliphatic carbocycles. The van der Waals surface area contributed by atoms with Gasteiger partial charge in [0.1, 0.15) is 5.82 Å². The van der Waals surface area contributed by atoms with Crippen molar-refractivity contribution in [3.8, 4) is 0 Å². The molecule has 0 aliphatic heterocycles. The zero-order valence-corrected chi connectivity index (χ0v) is 15.1. The highest BCUT2D eigenvalue weighted by atomic mass is 35.5. The maximum Gasteiger partial charge on any atom is 0.323 e. The van der Waals surface area contributed by atoms with Gasteiger partial charge in [-0.3, -0.25) is 4.68 Å². The number of nitrogens with zero attached hydrogens (tertiary/aromatic N) is 2. The summed E-state index contributed by atoms with van der Waals surface area (Å²) in [6, 6.07) is 13.0. The summed E-state index contributed by atoms with van der Waals surface area (Å²) in [4.78, 5) is 12.3. The van der Waals surface area contributed by atoms with E-state index in [4.69, 9.17) is 11.6 Å². The van der Waals surface area contributed by atoms with Gasteiger partial charge in [0.05, 0.1) is 23.6 Å². The minimum atomic E-state index is -0.399. The molecule has 2 N–H and O–H groups in total. The molecule has 2 amide bonds. The molecule has 1 heterocycles. The number of urea groups is 1. The molecular weight excluding hydrogens is 355 g/mol. The molecule has 3 aromatic rings. The number of amides is 2. The van der Waals surface area contributed by atoms with Gasteiger partial charge >= 0.3 is 6.03 Å². The van der Waals surface area contributed by atoms with Crippen LogP contribution in [0, 0.1) is 19.7 Å². The fourth-order valence-corrected chi connectivity index (χ4v) is 2.85. The van der Waals surface area contributed by atoms with Crippen LogP contribution < -0.4 is 10.6 Å². The van der Waals surface area contributed by atoms with E-state index in [-0.39, 0.29) is 12.4 Å². The van der Waals surface area contributed by atoms with Gasteiger partial charge < -0.3 is 10.6 Å². The average Bonchev–Trinajstić information content (AvgIpc) is 2.84. The summed E-state index contributed by atoms with van der Waals surface area (Å²) in [5.74, 6) is -0.284. The Kier molecular flexibility index (Phi) is 5.23. The highest BCUT2D eigenvalue weighted by molar-refractivity contribution is 6.30. The second-order valence-corrected chi connectivity index (χ2v) is 6.32. The number of aryl methyl sites for hydroxylation is 1. The van der Waals surface area contributed by atoms with E-state index < -0.39 is 6.03 Å². The molecular formula is C19H18ClFN4O. The summed E-state index contributed by atoms with van der Waals surface area (Å²) >= 11 is 5.92. The van der Waals surface area contributed by atoms with Gasteiger partial charge in [0.2, 0.25) is 0 Å². The summed E-state index contributed by atoms with van der Waals surface area (Å²) in [5, 5.41) is 10.5. The second kappa shape index (κ2) is 7.58. The smallest absolute Gasteiger partial charge is 0.308 e. The molecule has 0 fully saturated rings. The van der Waals surface area contributed by atoms with Crippen LogP contribution in [-0.2, 0) is 6.54 Å². The predicted octanol–water partition coefficient (Wildman–Crippen LogP) is 4.98. The van der Waals surface area contributed by atoms with Crippen LogP contribution in [0.25, 0.3) is 0 Å². The molecule has 0 unspecified atom stereocenters. The van der Waals surface area contributed by atoms with Crippen molar-refractivity contribution >= 4 is 29.0 Å². The number of carbonyl (C=O) groups is 1. The van der Waals surface area contributed by atoms with E-state index in [1.54, 1.807) is 54.1 Å². The average molecular weight is 373 g/mol. The molecule has 2 aromatic carbocycles. The molecule has 0 spiro atoms. The molecule has 0 radical (unpaired) electrons. The first-order valence-corrected chi connectivity index (χ1v) is 8.43. The number of rotatable bonds is 4. The van der Waals surface area contributed by atoms with Crippen LogP contribution in [0.4, 0.5) is 20.6 Å². The van der Waals surface area contributed by atoms with Crippen molar-refractivity contribution in [3.63, 3.8) is 0 Å². The Bertz CT molecular complexity index is 954. The lowest BCUT2D eigenvalue weighted by atomic mass is 10.2. The molecule has 7 heteroatoms. The van der Waals surface area contributed by atoms with Gasteiger partial charge in [-0.1, -0.05) is 35.9 Å². The third-order valence-electron chi connectivity index (χ3n) is 3.98. The molecule has 0 atom stereocenters. The van der Waals surface area contributed by atoms with Gasteiger partial charge in [0, 0.05) is 16.3 Å². The van der Waals surface area contributed by atoms with E-state index in [0.717, 1.165) is 5.69 Å². The maximum absolute atomic E-state index is 13.9. The van der Waals surface area contributed by atoms with Crippen LogP contribution in [-0.4, -0.2) is 15.8 Å². The van der Waals surface area contributed by atoms with Crippen molar-refractivity contribution in [3.05, 3.63) is 76.3 Å². The lowest BCUT2D eigenvalue weighted by Gasteiger charge is -2.09. The Morgan fingerprint density at radius 3 is 2.65 bits per heavy atom. The summed E-state index contributed by atoms with van der Waals surface area (Å²) in [6.45, 7) is 3.91. The largest absolute Gasteiger partial charge is 0.323 e. The summed E-state index contributed by atoms with van der Waals surface area (Å²) in [5.41, 5.74) is 3.12. The van der Waals surface area contributed by atoms with Crippen LogP contribution in [0.3, 0.4) is 0 Å². The van der Waals surface area contributed by atoms with Crippen LogP contribution in [0.5, 0.6) is 0 Å². The Labute approximate surface area is 155 Å². The Balaban J connectivity index is 1.75. The van der Waals surface area contributed by atoms with Crippen molar-refractivity contribution < 1.29 is 9.18 Å². The first kappa shape index (κ1) is 17.9. The lowest BCUT2D eigenvalue weighted by Crippen LogP contribution is -2.20. The molecule has 0 bridgehead atoms. The number of aromatic nitrogens is 2. The Hall–Kier alpha value is -2.86. The van der Waals surface area contributed by atoms with Crippen LogP contribution >= 0.6 is 11.6 Å². The van der Waals surface area contributed by atoms with Gasteiger partial charge in [-0.2, -0.15) is 5.10 Å². The topological polar surface area (TPSA) is 59.0 Å². The van der Waals surface area contributed by atoms with Crippen molar-refractivity contribution in [1.82, 2.24) is 9.78 Å². The third-order valence-corrected chi connectivity index (χ3v) is 4.22.